The van der Waals surface area contributed by atoms with Gasteiger partial charge >= 0.3 is 5.56 Å². The Bertz CT molecular complexity index is 1040. The molecule has 0 bridgehead atoms. The molecule has 0 amide bonds. The van der Waals surface area contributed by atoms with Gasteiger partial charge in [-0.1, -0.05) is 17.7 Å². The van der Waals surface area contributed by atoms with Crippen molar-refractivity contribution in [3.05, 3.63) is 45.8 Å². The van der Waals surface area contributed by atoms with E-state index in [1.807, 2.05) is 11.8 Å². The highest BCUT2D eigenvalue weighted by atomic mass is 35.5. The van der Waals surface area contributed by atoms with Crippen LogP contribution in [0, 0.1) is 0 Å². The Hall–Kier alpha value is -2.14. The summed E-state index contributed by atoms with van der Waals surface area (Å²) in [7, 11) is -3.25. The highest BCUT2D eigenvalue weighted by Crippen LogP contribution is 2.26. The number of hydrogen-bond acceptors (Lipinski definition) is 7. The number of nitrogens with zero attached hydrogens (tertiary/aromatic N) is 4. The lowest BCUT2D eigenvalue weighted by Crippen LogP contribution is -2.48. The second kappa shape index (κ2) is 9.78. The molecule has 0 atom stereocenters. The summed E-state index contributed by atoms with van der Waals surface area (Å²) in [4.78, 5) is 15.1. The third kappa shape index (κ3) is 5.31. The highest BCUT2D eigenvalue weighted by molar-refractivity contribution is 7.88. The molecule has 1 aliphatic heterocycles. The number of benzene rings is 1. The molecule has 1 aromatic heterocycles. The molecule has 0 radical (unpaired) electrons. The van der Waals surface area contributed by atoms with Crippen molar-refractivity contribution in [2.45, 2.75) is 6.92 Å². The summed E-state index contributed by atoms with van der Waals surface area (Å²) >= 11 is 6.06. The maximum atomic E-state index is 13.2. The van der Waals surface area contributed by atoms with Crippen LogP contribution in [-0.2, 0) is 14.8 Å². The average molecular weight is 457 g/mol. The molecule has 2 heterocycles. The molecule has 0 unspecified atom stereocenters. The van der Waals surface area contributed by atoms with E-state index in [2.05, 4.69) is 5.10 Å². The summed E-state index contributed by atoms with van der Waals surface area (Å²) in [5.41, 5.74) is 0.635. The topological polar surface area (TPSA) is 94.0 Å². The number of piperazine rings is 1. The van der Waals surface area contributed by atoms with Gasteiger partial charge in [0.2, 0.25) is 15.8 Å². The van der Waals surface area contributed by atoms with Gasteiger partial charge in [-0.25, -0.2) is 8.42 Å². The quantitative estimate of drug-likeness (QED) is 0.554. The molecule has 2 aromatic rings. The number of sulfonamides is 1. The first kappa shape index (κ1) is 22.5. The Kier molecular flexibility index (Phi) is 7.35. The molecule has 3 rings (SSSR count). The summed E-state index contributed by atoms with van der Waals surface area (Å²) < 4.78 is 37.3. The Labute approximate surface area is 180 Å². The van der Waals surface area contributed by atoms with E-state index in [-0.39, 0.29) is 12.4 Å². The molecule has 30 heavy (non-hydrogen) atoms. The van der Waals surface area contributed by atoms with Crippen LogP contribution in [0.1, 0.15) is 6.92 Å². The predicted molar refractivity (Wildman–Crippen MR) is 115 cm³/mol. The van der Waals surface area contributed by atoms with Crippen molar-refractivity contribution in [2.75, 3.05) is 57.2 Å². The van der Waals surface area contributed by atoms with Crippen molar-refractivity contribution in [3.8, 4) is 11.4 Å². The maximum Gasteiger partial charge on any atom is 0.316 e. The highest BCUT2D eigenvalue weighted by Gasteiger charge is 2.27. The molecule has 11 heteroatoms. The zero-order valence-electron chi connectivity index (χ0n) is 17.0. The van der Waals surface area contributed by atoms with Crippen molar-refractivity contribution in [3.63, 3.8) is 0 Å². The zero-order chi connectivity index (χ0) is 21.7. The second-order valence-electron chi connectivity index (χ2n) is 6.75. The second-order valence-corrected chi connectivity index (χ2v) is 9.17. The molecular weight excluding hydrogens is 432 g/mol. The molecule has 164 valence electrons. The smallest absolute Gasteiger partial charge is 0.316 e. The van der Waals surface area contributed by atoms with E-state index in [1.165, 1.54) is 15.2 Å². The van der Waals surface area contributed by atoms with Crippen LogP contribution in [0.15, 0.2) is 35.3 Å². The van der Waals surface area contributed by atoms with E-state index < -0.39 is 15.6 Å². The van der Waals surface area contributed by atoms with Gasteiger partial charge in [0, 0.05) is 37.8 Å². The minimum Gasteiger partial charge on any atom is -0.484 e. The molecule has 1 aliphatic rings. The van der Waals surface area contributed by atoms with Crippen molar-refractivity contribution < 1.29 is 17.9 Å². The maximum absolute atomic E-state index is 13.2. The van der Waals surface area contributed by atoms with Crippen LogP contribution in [0.25, 0.3) is 5.69 Å². The van der Waals surface area contributed by atoms with Gasteiger partial charge in [0.05, 0.1) is 24.7 Å². The third-order valence-electron chi connectivity index (χ3n) is 4.69. The number of hydrogen-bond donors (Lipinski definition) is 0. The zero-order valence-corrected chi connectivity index (χ0v) is 18.5. The fourth-order valence-corrected chi connectivity index (χ4v) is 4.20. The first-order chi connectivity index (χ1) is 14.3. The summed E-state index contributed by atoms with van der Waals surface area (Å²) in [6, 6.07) is 6.82. The predicted octanol–water partition coefficient (Wildman–Crippen LogP) is 1.38. The first-order valence-electron chi connectivity index (χ1n) is 9.60. The average Bonchev–Trinajstić information content (AvgIpc) is 2.71. The van der Waals surface area contributed by atoms with Crippen LogP contribution < -0.4 is 15.2 Å². The van der Waals surface area contributed by atoms with Gasteiger partial charge in [-0.15, -0.1) is 0 Å². The Morgan fingerprint density at radius 1 is 1.17 bits per heavy atom. The first-order valence-corrected chi connectivity index (χ1v) is 11.8. The van der Waals surface area contributed by atoms with Crippen LogP contribution in [0.2, 0.25) is 5.02 Å². The molecule has 1 fully saturated rings. The van der Waals surface area contributed by atoms with E-state index in [9.17, 15) is 13.2 Å². The SMILES string of the molecule is CCOCCOc1c(N2CCN(S(C)(=O)=O)CC2)cnn(-c2cccc(Cl)c2)c1=O. The lowest BCUT2D eigenvalue weighted by molar-refractivity contribution is 0.109. The lowest BCUT2D eigenvalue weighted by Gasteiger charge is -2.35. The van der Waals surface area contributed by atoms with Gasteiger partial charge in [-0.2, -0.15) is 14.1 Å². The van der Waals surface area contributed by atoms with Gasteiger partial charge in [0.15, 0.2) is 0 Å². The van der Waals surface area contributed by atoms with Crippen LogP contribution in [-0.4, -0.2) is 74.8 Å². The fourth-order valence-electron chi connectivity index (χ4n) is 3.19. The monoisotopic (exact) mass is 456 g/mol. The van der Waals surface area contributed by atoms with Crippen LogP contribution in [0.5, 0.6) is 5.75 Å². The van der Waals surface area contributed by atoms with Crippen molar-refractivity contribution in [1.29, 1.82) is 0 Å². The van der Waals surface area contributed by atoms with Gasteiger partial charge < -0.3 is 14.4 Å². The minimum atomic E-state index is -3.25. The third-order valence-corrected chi connectivity index (χ3v) is 6.23. The van der Waals surface area contributed by atoms with E-state index in [4.69, 9.17) is 21.1 Å². The summed E-state index contributed by atoms with van der Waals surface area (Å²) in [5.74, 6) is 0.150. The molecule has 0 spiro atoms. The summed E-state index contributed by atoms with van der Waals surface area (Å²) in [6.45, 7) is 4.49. The van der Waals surface area contributed by atoms with Crippen molar-refractivity contribution >= 4 is 27.3 Å². The Morgan fingerprint density at radius 3 is 2.53 bits per heavy atom. The van der Waals surface area contributed by atoms with E-state index in [0.717, 1.165) is 0 Å². The van der Waals surface area contributed by atoms with E-state index in [0.29, 0.717) is 55.8 Å². The molecule has 0 saturated carbocycles. The van der Waals surface area contributed by atoms with Gasteiger partial charge in [0.25, 0.3) is 0 Å². The van der Waals surface area contributed by atoms with Gasteiger partial charge in [-0.05, 0) is 25.1 Å². The molecule has 0 N–H and O–H groups in total. The fraction of sp³-hybridized carbons (Fsp3) is 0.474. The van der Waals surface area contributed by atoms with Crippen LogP contribution >= 0.6 is 11.6 Å². The van der Waals surface area contributed by atoms with E-state index in [1.54, 1.807) is 30.5 Å². The summed E-state index contributed by atoms with van der Waals surface area (Å²) in [6.07, 6.45) is 2.76. The van der Waals surface area contributed by atoms with Gasteiger partial charge in [0.1, 0.15) is 12.3 Å². The number of aromatic nitrogens is 2. The molecule has 9 nitrogen and oxygen atoms in total. The van der Waals surface area contributed by atoms with Crippen LogP contribution in [0.4, 0.5) is 5.69 Å². The van der Waals surface area contributed by atoms with Gasteiger partial charge in [-0.3, -0.25) is 4.79 Å². The molecule has 1 aromatic carbocycles. The van der Waals surface area contributed by atoms with E-state index >= 15 is 0 Å². The standard InChI is InChI=1S/C19H25ClN4O5S/c1-3-28-11-12-29-18-17(22-7-9-23(10-8-22)30(2,26)27)14-21-24(19(18)25)16-6-4-5-15(20)13-16/h4-6,13-14H,3,7-12H2,1-2H3. The normalized spacial score (nSPS) is 15.4. The molecular formula is C19H25ClN4O5S. The van der Waals surface area contributed by atoms with Crippen LogP contribution in [0.3, 0.4) is 0 Å². The lowest BCUT2D eigenvalue weighted by atomic mass is 10.3. The number of rotatable bonds is 8. The number of halogens is 1. The van der Waals surface area contributed by atoms with Crippen molar-refractivity contribution in [2.24, 2.45) is 0 Å². The Morgan fingerprint density at radius 2 is 1.90 bits per heavy atom. The minimum absolute atomic E-state index is 0.150. The largest absolute Gasteiger partial charge is 0.484 e. The summed E-state index contributed by atoms with van der Waals surface area (Å²) in [5, 5.41) is 4.79. The van der Waals surface area contributed by atoms with Crippen molar-refractivity contribution in [1.82, 2.24) is 14.1 Å². The molecule has 0 aliphatic carbocycles. The number of ether oxygens (including phenoxy) is 2. The Balaban J connectivity index is 1.92. The molecule has 1 saturated heterocycles. The number of anilines is 1.